The van der Waals surface area contributed by atoms with Crippen molar-refractivity contribution in [2.75, 3.05) is 5.88 Å². The normalized spacial score (nSPS) is 12.9. The highest BCUT2D eigenvalue weighted by atomic mass is 35.5. The van der Waals surface area contributed by atoms with Crippen molar-refractivity contribution in [3.63, 3.8) is 0 Å². The molecule has 1 amide bonds. The molecule has 1 rings (SSSR count). The third kappa shape index (κ3) is 2.98. The molecule has 1 heterocycles. The molecule has 0 aliphatic rings. The molecule has 0 saturated carbocycles. The fraction of sp³-hybridized carbons (Fsp3) is 0.636. The summed E-state index contributed by atoms with van der Waals surface area (Å²) in [6, 6.07) is -0.0565. The number of hydrogen-bond acceptors (Lipinski definition) is 3. The molecule has 1 aromatic rings. The summed E-state index contributed by atoms with van der Waals surface area (Å²) in [4.78, 5) is 15.9. The summed E-state index contributed by atoms with van der Waals surface area (Å²) in [6.45, 7) is 7.47. The van der Waals surface area contributed by atoms with Crippen LogP contribution in [0.5, 0.6) is 0 Å². The van der Waals surface area contributed by atoms with Crippen LogP contribution < -0.4 is 5.32 Å². The first-order valence-electron chi connectivity index (χ1n) is 5.26. The van der Waals surface area contributed by atoms with Crippen LogP contribution in [0.25, 0.3) is 0 Å². The van der Waals surface area contributed by atoms with Crippen molar-refractivity contribution in [3.8, 4) is 0 Å². The molecule has 0 aliphatic carbocycles. The standard InChI is InChI=1S/C11H17ClN2O2/c1-6(2)9(5-12)14-11(15)10-7(3)13-8(4)16-10/h6,9H,5H2,1-4H3,(H,14,15). The van der Waals surface area contributed by atoms with Crippen molar-refractivity contribution in [1.29, 1.82) is 0 Å². The minimum atomic E-state index is -0.252. The van der Waals surface area contributed by atoms with Crippen LogP contribution >= 0.6 is 11.6 Å². The van der Waals surface area contributed by atoms with Gasteiger partial charge in [0.05, 0.1) is 5.69 Å². The van der Waals surface area contributed by atoms with Crippen LogP contribution in [0.4, 0.5) is 0 Å². The molecule has 1 aromatic heterocycles. The number of rotatable bonds is 4. The SMILES string of the molecule is Cc1nc(C)c(C(=O)NC(CCl)C(C)C)o1. The number of aromatic nitrogens is 1. The maximum absolute atomic E-state index is 11.8. The van der Waals surface area contributed by atoms with E-state index >= 15 is 0 Å². The number of nitrogens with one attached hydrogen (secondary N) is 1. The maximum atomic E-state index is 11.8. The molecule has 0 spiro atoms. The van der Waals surface area contributed by atoms with Crippen molar-refractivity contribution in [2.45, 2.75) is 33.7 Å². The van der Waals surface area contributed by atoms with Crippen molar-refractivity contribution < 1.29 is 9.21 Å². The monoisotopic (exact) mass is 244 g/mol. The molecule has 0 bridgehead atoms. The van der Waals surface area contributed by atoms with Gasteiger partial charge in [0.25, 0.3) is 5.91 Å². The summed E-state index contributed by atoms with van der Waals surface area (Å²) >= 11 is 5.78. The predicted octanol–water partition coefficient (Wildman–Crippen LogP) is 2.28. The second kappa shape index (κ2) is 5.34. The van der Waals surface area contributed by atoms with E-state index in [0.29, 0.717) is 17.5 Å². The van der Waals surface area contributed by atoms with E-state index in [1.165, 1.54) is 0 Å². The molecule has 4 nitrogen and oxygen atoms in total. The molecule has 0 aliphatic heterocycles. The molecule has 0 fully saturated rings. The first-order valence-corrected chi connectivity index (χ1v) is 5.80. The average Bonchev–Trinajstić information content (AvgIpc) is 2.53. The van der Waals surface area contributed by atoms with E-state index < -0.39 is 0 Å². The number of alkyl halides is 1. The Bertz CT molecular complexity index is 374. The van der Waals surface area contributed by atoms with E-state index in [0.717, 1.165) is 0 Å². The van der Waals surface area contributed by atoms with E-state index in [1.807, 2.05) is 13.8 Å². The van der Waals surface area contributed by atoms with Gasteiger partial charge in [0, 0.05) is 18.8 Å². The lowest BCUT2D eigenvalue weighted by Gasteiger charge is -2.18. The number of carbonyl (C=O) groups excluding carboxylic acids is 1. The van der Waals surface area contributed by atoms with E-state index in [1.54, 1.807) is 13.8 Å². The smallest absolute Gasteiger partial charge is 0.289 e. The quantitative estimate of drug-likeness (QED) is 0.827. The van der Waals surface area contributed by atoms with Crippen LogP contribution in [0, 0.1) is 19.8 Å². The second-order valence-electron chi connectivity index (χ2n) is 4.13. The van der Waals surface area contributed by atoms with Crippen molar-refractivity contribution >= 4 is 17.5 Å². The number of aryl methyl sites for hydroxylation is 2. The maximum Gasteiger partial charge on any atom is 0.289 e. The van der Waals surface area contributed by atoms with Crippen molar-refractivity contribution in [2.24, 2.45) is 5.92 Å². The van der Waals surface area contributed by atoms with Gasteiger partial charge in [-0.3, -0.25) is 4.79 Å². The molecule has 90 valence electrons. The molecule has 0 radical (unpaired) electrons. The molecular formula is C11H17ClN2O2. The Kier molecular flexibility index (Phi) is 4.35. The summed E-state index contributed by atoms with van der Waals surface area (Å²) in [7, 11) is 0. The van der Waals surface area contributed by atoms with Gasteiger partial charge < -0.3 is 9.73 Å². The minimum Gasteiger partial charge on any atom is -0.436 e. The van der Waals surface area contributed by atoms with Gasteiger partial charge in [0.15, 0.2) is 5.89 Å². The van der Waals surface area contributed by atoms with Crippen LogP contribution in [-0.2, 0) is 0 Å². The molecule has 1 unspecified atom stereocenters. The van der Waals surface area contributed by atoms with Crippen LogP contribution in [0.2, 0.25) is 0 Å². The van der Waals surface area contributed by atoms with E-state index in [-0.39, 0.29) is 23.6 Å². The van der Waals surface area contributed by atoms with E-state index in [4.69, 9.17) is 16.0 Å². The fourth-order valence-electron chi connectivity index (χ4n) is 1.36. The largest absolute Gasteiger partial charge is 0.436 e. The van der Waals surface area contributed by atoms with Gasteiger partial charge in [0.1, 0.15) is 0 Å². The first kappa shape index (κ1) is 13.0. The number of hydrogen-bond donors (Lipinski definition) is 1. The van der Waals surface area contributed by atoms with Crippen LogP contribution in [0.3, 0.4) is 0 Å². The highest BCUT2D eigenvalue weighted by molar-refractivity contribution is 6.18. The number of amides is 1. The van der Waals surface area contributed by atoms with Crippen LogP contribution in [0.1, 0.15) is 36.0 Å². The van der Waals surface area contributed by atoms with Crippen molar-refractivity contribution in [3.05, 3.63) is 17.3 Å². The van der Waals surface area contributed by atoms with Gasteiger partial charge in [-0.1, -0.05) is 13.8 Å². The minimum absolute atomic E-state index is 0.0565. The molecule has 1 N–H and O–H groups in total. The third-order valence-corrected chi connectivity index (χ3v) is 2.73. The zero-order valence-electron chi connectivity index (χ0n) is 10.0. The number of oxazole rings is 1. The number of halogens is 1. The molecule has 0 aromatic carbocycles. The summed E-state index contributed by atoms with van der Waals surface area (Å²) in [5.41, 5.74) is 0.604. The molecule has 5 heteroatoms. The molecule has 0 saturated heterocycles. The molecular weight excluding hydrogens is 228 g/mol. The zero-order chi connectivity index (χ0) is 12.3. The highest BCUT2D eigenvalue weighted by Gasteiger charge is 2.20. The second-order valence-corrected chi connectivity index (χ2v) is 4.43. The first-order chi connectivity index (χ1) is 7.45. The molecule has 16 heavy (non-hydrogen) atoms. The lowest BCUT2D eigenvalue weighted by molar-refractivity contribution is 0.0901. The van der Waals surface area contributed by atoms with E-state index in [9.17, 15) is 4.79 Å². The highest BCUT2D eigenvalue weighted by Crippen LogP contribution is 2.11. The lowest BCUT2D eigenvalue weighted by atomic mass is 10.1. The Morgan fingerprint density at radius 1 is 1.50 bits per heavy atom. The Morgan fingerprint density at radius 3 is 2.50 bits per heavy atom. The summed E-state index contributed by atoms with van der Waals surface area (Å²) < 4.78 is 5.23. The number of carbonyl (C=O) groups is 1. The van der Waals surface area contributed by atoms with Crippen molar-refractivity contribution in [1.82, 2.24) is 10.3 Å². The topological polar surface area (TPSA) is 55.1 Å². The molecule has 1 atom stereocenters. The van der Waals surface area contributed by atoms with Gasteiger partial charge in [0.2, 0.25) is 5.76 Å². The van der Waals surface area contributed by atoms with Gasteiger partial charge in [-0.25, -0.2) is 4.98 Å². The number of nitrogens with zero attached hydrogens (tertiary/aromatic N) is 1. The third-order valence-electron chi connectivity index (χ3n) is 2.40. The van der Waals surface area contributed by atoms with E-state index in [2.05, 4.69) is 10.3 Å². The Labute approximate surface area is 100 Å². The fourth-order valence-corrected chi connectivity index (χ4v) is 1.79. The van der Waals surface area contributed by atoms with Gasteiger partial charge in [-0.05, 0) is 12.8 Å². The Hall–Kier alpha value is -1.03. The van der Waals surface area contributed by atoms with Crippen LogP contribution in [-0.4, -0.2) is 22.8 Å². The Morgan fingerprint density at radius 2 is 2.12 bits per heavy atom. The zero-order valence-corrected chi connectivity index (χ0v) is 10.8. The predicted molar refractivity (Wildman–Crippen MR) is 62.8 cm³/mol. The van der Waals surface area contributed by atoms with Gasteiger partial charge >= 0.3 is 0 Å². The summed E-state index contributed by atoms with van der Waals surface area (Å²) in [6.07, 6.45) is 0. The van der Waals surface area contributed by atoms with Crippen LogP contribution in [0.15, 0.2) is 4.42 Å². The average molecular weight is 245 g/mol. The summed E-state index contributed by atoms with van der Waals surface area (Å²) in [5.74, 6) is 1.18. The van der Waals surface area contributed by atoms with Gasteiger partial charge in [-0.15, -0.1) is 11.6 Å². The summed E-state index contributed by atoms with van der Waals surface area (Å²) in [5, 5.41) is 2.83. The lowest BCUT2D eigenvalue weighted by Crippen LogP contribution is -2.39. The Balaban J connectivity index is 2.75. The van der Waals surface area contributed by atoms with Gasteiger partial charge in [-0.2, -0.15) is 0 Å².